The van der Waals surface area contributed by atoms with Gasteiger partial charge in [-0.25, -0.2) is 17.5 Å². The average Bonchev–Trinajstić information content (AvgIpc) is 2.80. The lowest BCUT2D eigenvalue weighted by atomic mass is 10.2. The van der Waals surface area contributed by atoms with E-state index < -0.39 is 21.9 Å². The number of benzene rings is 1. The minimum atomic E-state index is -3.82. The molecule has 0 bridgehead atoms. The number of sulfonamides is 1. The average molecular weight is 284 g/mol. The zero-order valence-corrected chi connectivity index (χ0v) is 10.9. The summed E-state index contributed by atoms with van der Waals surface area (Å²) in [6.45, 7) is 1.67. The lowest BCUT2D eigenvalue weighted by Gasteiger charge is -2.13. The highest BCUT2D eigenvalue weighted by Crippen LogP contribution is 2.21. The van der Waals surface area contributed by atoms with Gasteiger partial charge in [-0.1, -0.05) is 0 Å². The van der Waals surface area contributed by atoms with E-state index in [4.69, 9.17) is 5.73 Å². The molecule has 8 heteroatoms. The molecule has 2 aromatic rings. The van der Waals surface area contributed by atoms with Crippen LogP contribution in [0.1, 0.15) is 18.5 Å². The molecule has 0 aliphatic rings. The summed E-state index contributed by atoms with van der Waals surface area (Å²) in [6, 6.07) is 2.67. The van der Waals surface area contributed by atoms with Crippen LogP contribution >= 0.6 is 0 Å². The van der Waals surface area contributed by atoms with Crippen molar-refractivity contribution < 1.29 is 12.8 Å². The van der Waals surface area contributed by atoms with E-state index in [9.17, 15) is 12.8 Å². The maximum Gasteiger partial charge on any atom is 0.243 e. The Hall–Kier alpha value is -1.93. The van der Waals surface area contributed by atoms with Gasteiger partial charge in [0.25, 0.3) is 0 Å². The molecule has 0 spiro atoms. The standard InChI is InChI=1S/C11H13FN4O2S/c1-7(8-5-14-15-6-8)16-19(17,18)11-3-2-9(12)4-10(11)13/h2-7,16H,13H2,1H3,(H,14,15). The number of nitrogens with zero attached hydrogens (tertiary/aromatic N) is 1. The first-order valence-corrected chi connectivity index (χ1v) is 6.94. The van der Waals surface area contributed by atoms with Gasteiger partial charge in [-0.3, -0.25) is 5.10 Å². The highest BCUT2D eigenvalue weighted by atomic mass is 32.2. The summed E-state index contributed by atoms with van der Waals surface area (Å²) in [5.74, 6) is -0.584. The highest BCUT2D eigenvalue weighted by molar-refractivity contribution is 7.89. The number of aromatic nitrogens is 2. The fourth-order valence-corrected chi connectivity index (χ4v) is 2.97. The van der Waals surface area contributed by atoms with Crippen LogP contribution in [0.2, 0.25) is 0 Å². The third-order valence-corrected chi connectivity index (χ3v) is 4.23. The molecule has 0 radical (unpaired) electrons. The van der Waals surface area contributed by atoms with E-state index in [0.717, 1.165) is 18.2 Å². The number of halogens is 1. The summed E-state index contributed by atoms with van der Waals surface area (Å²) in [5, 5.41) is 6.34. The Morgan fingerprint density at radius 2 is 2.21 bits per heavy atom. The molecule has 1 atom stereocenters. The van der Waals surface area contributed by atoms with Crippen molar-refractivity contribution in [2.45, 2.75) is 17.9 Å². The molecule has 1 aromatic heterocycles. The van der Waals surface area contributed by atoms with E-state index >= 15 is 0 Å². The first kappa shape index (κ1) is 13.5. The van der Waals surface area contributed by atoms with E-state index in [1.165, 1.54) is 6.20 Å². The summed E-state index contributed by atoms with van der Waals surface area (Å²) >= 11 is 0. The second-order valence-corrected chi connectivity index (χ2v) is 5.74. The molecule has 0 aliphatic carbocycles. The van der Waals surface area contributed by atoms with Crippen LogP contribution in [0.3, 0.4) is 0 Å². The van der Waals surface area contributed by atoms with Crippen molar-refractivity contribution in [2.24, 2.45) is 0 Å². The first-order valence-electron chi connectivity index (χ1n) is 5.46. The van der Waals surface area contributed by atoms with E-state index in [1.54, 1.807) is 13.1 Å². The van der Waals surface area contributed by atoms with Gasteiger partial charge in [0.05, 0.1) is 11.9 Å². The Kier molecular flexibility index (Phi) is 3.54. The molecule has 1 aromatic carbocycles. The SMILES string of the molecule is CC(NS(=O)(=O)c1ccc(F)cc1N)c1cn[nH]c1. The van der Waals surface area contributed by atoms with Crippen molar-refractivity contribution >= 4 is 15.7 Å². The largest absolute Gasteiger partial charge is 0.398 e. The van der Waals surface area contributed by atoms with Crippen molar-refractivity contribution in [1.29, 1.82) is 0 Å². The third kappa shape index (κ3) is 2.91. The predicted molar refractivity (Wildman–Crippen MR) is 68.1 cm³/mol. The topological polar surface area (TPSA) is 101 Å². The van der Waals surface area contributed by atoms with Crippen LogP contribution in [0.4, 0.5) is 10.1 Å². The summed E-state index contributed by atoms with van der Waals surface area (Å²) in [6.07, 6.45) is 3.10. The molecule has 102 valence electrons. The first-order chi connectivity index (χ1) is 8.90. The molecule has 1 heterocycles. The number of H-pyrrole nitrogens is 1. The number of aromatic amines is 1. The molecule has 0 fully saturated rings. The molecule has 4 N–H and O–H groups in total. The van der Waals surface area contributed by atoms with Crippen LogP contribution in [0, 0.1) is 5.82 Å². The number of hydrogen-bond donors (Lipinski definition) is 3. The lowest BCUT2D eigenvalue weighted by Crippen LogP contribution is -2.27. The van der Waals surface area contributed by atoms with Crippen molar-refractivity contribution in [3.05, 3.63) is 42.0 Å². The summed E-state index contributed by atoms with van der Waals surface area (Å²) in [4.78, 5) is -0.149. The van der Waals surface area contributed by atoms with Gasteiger partial charge in [0.15, 0.2) is 0 Å². The fraction of sp³-hybridized carbons (Fsp3) is 0.182. The van der Waals surface area contributed by atoms with Gasteiger partial charge in [-0.2, -0.15) is 5.10 Å². The predicted octanol–water partition coefficient (Wildman–Crippen LogP) is 1.17. The molecule has 19 heavy (non-hydrogen) atoms. The lowest BCUT2D eigenvalue weighted by molar-refractivity contribution is 0.567. The van der Waals surface area contributed by atoms with Crippen LogP contribution < -0.4 is 10.5 Å². The number of anilines is 1. The van der Waals surface area contributed by atoms with Crippen LogP contribution in [-0.4, -0.2) is 18.6 Å². The number of nitrogens with two attached hydrogens (primary N) is 1. The Labute approximate surface area is 109 Å². The van der Waals surface area contributed by atoms with Crippen LogP contribution in [0.15, 0.2) is 35.5 Å². The zero-order chi connectivity index (χ0) is 14.0. The Bertz CT molecular complexity index is 670. The Balaban J connectivity index is 2.28. The number of hydrogen-bond acceptors (Lipinski definition) is 4. The molecule has 0 saturated heterocycles. The van der Waals surface area contributed by atoms with Gasteiger partial charge < -0.3 is 5.73 Å². The van der Waals surface area contributed by atoms with Crippen molar-refractivity contribution in [3.63, 3.8) is 0 Å². The van der Waals surface area contributed by atoms with Gasteiger partial charge in [-0.05, 0) is 25.1 Å². The van der Waals surface area contributed by atoms with Gasteiger partial charge in [0, 0.05) is 17.8 Å². The van der Waals surface area contributed by atoms with E-state index in [1.807, 2.05) is 0 Å². The van der Waals surface area contributed by atoms with E-state index in [0.29, 0.717) is 5.56 Å². The highest BCUT2D eigenvalue weighted by Gasteiger charge is 2.21. The van der Waals surface area contributed by atoms with Crippen LogP contribution in [0.25, 0.3) is 0 Å². The molecule has 2 rings (SSSR count). The Morgan fingerprint density at radius 1 is 1.47 bits per heavy atom. The minimum Gasteiger partial charge on any atom is -0.398 e. The Morgan fingerprint density at radius 3 is 2.79 bits per heavy atom. The van der Waals surface area contributed by atoms with Gasteiger partial charge in [-0.15, -0.1) is 0 Å². The van der Waals surface area contributed by atoms with E-state index in [2.05, 4.69) is 14.9 Å². The summed E-state index contributed by atoms with van der Waals surface area (Å²) < 4.78 is 39.6. The number of nitrogens with one attached hydrogen (secondary N) is 2. The minimum absolute atomic E-state index is 0.133. The smallest absolute Gasteiger partial charge is 0.243 e. The monoisotopic (exact) mass is 284 g/mol. The van der Waals surface area contributed by atoms with Crippen molar-refractivity contribution in [2.75, 3.05) is 5.73 Å². The second kappa shape index (κ2) is 4.98. The quantitative estimate of drug-likeness (QED) is 0.733. The number of nitrogen functional groups attached to an aromatic ring is 1. The molecule has 1 unspecified atom stereocenters. The van der Waals surface area contributed by atoms with Gasteiger partial charge >= 0.3 is 0 Å². The second-order valence-electron chi connectivity index (χ2n) is 4.06. The van der Waals surface area contributed by atoms with E-state index in [-0.39, 0.29) is 10.6 Å². The van der Waals surface area contributed by atoms with Crippen molar-refractivity contribution in [1.82, 2.24) is 14.9 Å². The van der Waals surface area contributed by atoms with Crippen molar-refractivity contribution in [3.8, 4) is 0 Å². The molecule has 0 aliphatic heterocycles. The maximum atomic E-state index is 12.9. The van der Waals surface area contributed by atoms with Crippen LogP contribution in [0.5, 0.6) is 0 Å². The maximum absolute atomic E-state index is 12.9. The third-order valence-electron chi connectivity index (χ3n) is 2.61. The molecule has 0 saturated carbocycles. The summed E-state index contributed by atoms with van der Waals surface area (Å²) in [7, 11) is -3.82. The molecular weight excluding hydrogens is 271 g/mol. The van der Waals surface area contributed by atoms with Gasteiger partial charge in [0.1, 0.15) is 10.7 Å². The summed E-state index contributed by atoms with van der Waals surface area (Å²) in [5.41, 5.74) is 6.08. The molecular formula is C11H13FN4O2S. The van der Waals surface area contributed by atoms with Gasteiger partial charge in [0.2, 0.25) is 10.0 Å². The normalized spacial score (nSPS) is 13.4. The zero-order valence-electron chi connectivity index (χ0n) is 10.1. The van der Waals surface area contributed by atoms with Crippen LogP contribution in [-0.2, 0) is 10.0 Å². The fourth-order valence-electron chi connectivity index (χ4n) is 1.63. The molecule has 0 amide bonds. The number of rotatable bonds is 4. The molecule has 6 nitrogen and oxygen atoms in total.